The van der Waals surface area contributed by atoms with Crippen LogP contribution >= 0.6 is 0 Å². The number of piperidine rings is 9. The molecule has 20 rings (SSSR count). The van der Waals surface area contributed by atoms with Crippen LogP contribution in [0.25, 0.3) is 0 Å². The Balaban J connectivity index is 0.000000151. The first-order valence-electron chi connectivity index (χ1n) is 61.1. The molecule has 21 nitrogen and oxygen atoms in total. The van der Waals surface area contributed by atoms with Crippen LogP contribution < -0.4 is 26.6 Å². The number of amides is 2. The molecule has 2 amide bonds. The number of carbonyl (C=O) groups excluding carboxylic acids is 2. The number of ether oxygens (including phenoxy) is 2. The normalized spacial score (nSPS) is 28.8. The largest absolute Gasteiger partial charge is 0.444 e. The van der Waals surface area contributed by atoms with Crippen molar-refractivity contribution in [3.8, 4) is 0 Å². The molecule has 0 aromatic rings. The molecule has 17 aliphatic heterocycles. The predicted molar refractivity (Wildman–Crippen MR) is 602 cm³/mol. The second-order valence-electron chi connectivity index (χ2n) is 56.2. The molecular weight excluding hydrogens is 1760 g/mol. The third-order valence-corrected chi connectivity index (χ3v) is 40.9. The van der Waals surface area contributed by atoms with E-state index in [1.165, 1.54) is 408 Å². The maximum atomic E-state index is 12.1. The molecule has 142 heavy (non-hydrogen) atoms. The SMILES string of the molecule is CC(C)N1CCC2(CC1)CNC2.CC(C)N1CCC2(CCC2)CC1.CC(C)N1CCC2(CCCC2)CC1.CC(C)N1CCC2(CCCCC2)CC1.CC(C)N1CCC2(CCN(C(=O)OC(C)(C)C)C2)C1.CC(C)N1CCC2(CCN(C(=O)OC(C)(C)C)CC2)C1.CC(C)N1CCC2(CCNC2)C1.CC(C)N1CCC2(CCNC2)CC1.CC(C)N1CCC2(CCNCC2)C1.CC(C)N1CCC2(CCNCC2)CC1. The van der Waals surface area contributed by atoms with Gasteiger partial charge in [0, 0.05) is 144 Å². The molecular formula is C121H235N17O4. The Morgan fingerprint density at radius 1 is 0.190 bits per heavy atom. The highest BCUT2D eigenvalue weighted by Gasteiger charge is 2.50. The molecule has 2 atom stereocenters. The summed E-state index contributed by atoms with van der Waals surface area (Å²) in [5, 5.41) is 17.3. The van der Waals surface area contributed by atoms with Gasteiger partial charge >= 0.3 is 12.2 Å². The van der Waals surface area contributed by atoms with Gasteiger partial charge in [-0.15, -0.1) is 0 Å². The molecule has 17 heterocycles. The molecule has 20 aliphatic rings. The summed E-state index contributed by atoms with van der Waals surface area (Å²) >= 11 is 0. The van der Waals surface area contributed by atoms with Gasteiger partial charge < -0.3 is 94.9 Å². The first kappa shape index (κ1) is 120. The van der Waals surface area contributed by atoms with E-state index in [1.807, 2.05) is 51.3 Å². The van der Waals surface area contributed by atoms with E-state index in [0.29, 0.717) is 44.6 Å². The maximum absolute atomic E-state index is 12.1. The number of rotatable bonds is 10. The Morgan fingerprint density at radius 2 is 0.394 bits per heavy atom. The third kappa shape index (κ3) is 36.0. The van der Waals surface area contributed by atoms with E-state index >= 15 is 0 Å². The number of nitrogens with zero attached hydrogens (tertiary/aromatic N) is 12. The molecule has 0 radical (unpaired) electrons. The molecule has 17 saturated heterocycles. The summed E-state index contributed by atoms with van der Waals surface area (Å²) in [6, 6.07) is 7.25. The Hall–Kier alpha value is -2.06. The Bertz CT molecular complexity index is 3380. The molecule has 0 bridgehead atoms. The van der Waals surface area contributed by atoms with E-state index < -0.39 is 11.2 Å². The van der Waals surface area contributed by atoms with Crippen molar-refractivity contribution in [1.82, 2.24) is 85.4 Å². The van der Waals surface area contributed by atoms with Gasteiger partial charge in [-0.1, -0.05) is 38.5 Å². The van der Waals surface area contributed by atoms with Crippen LogP contribution in [-0.2, 0) is 9.47 Å². The lowest BCUT2D eigenvalue weighted by molar-refractivity contribution is 0.0105. The van der Waals surface area contributed by atoms with E-state index in [1.54, 1.807) is 0 Å². The highest BCUT2D eigenvalue weighted by Crippen LogP contribution is 2.52. The Kier molecular flexibility index (Phi) is 46.2. The van der Waals surface area contributed by atoms with E-state index in [0.717, 1.165) is 122 Å². The number of nitrogens with one attached hydrogen (secondary N) is 5. The van der Waals surface area contributed by atoms with Crippen molar-refractivity contribution < 1.29 is 19.1 Å². The van der Waals surface area contributed by atoms with Crippen LogP contribution in [0.3, 0.4) is 0 Å². The van der Waals surface area contributed by atoms with Gasteiger partial charge in [-0.05, 0) is 572 Å². The fourth-order valence-electron chi connectivity index (χ4n) is 29.0. The zero-order valence-electron chi connectivity index (χ0n) is 98.5. The molecule has 3 saturated carbocycles. The Labute approximate surface area is 877 Å². The second-order valence-corrected chi connectivity index (χ2v) is 56.2. The highest BCUT2D eigenvalue weighted by molar-refractivity contribution is 5.69. The van der Waals surface area contributed by atoms with Crippen LogP contribution in [0.15, 0.2) is 0 Å². The second kappa shape index (κ2) is 54.7. The van der Waals surface area contributed by atoms with Crippen molar-refractivity contribution in [1.29, 1.82) is 0 Å². The van der Waals surface area contributed by atoms with Crippen molar-refractivity contribution in [2.75, 3.05) is 223 Å². The third-order valence-electron chi connectivity index (χ3n) is 40.9. The molecule has 0 aromatic carbocycles. The topological polar surface area (TPSA) is 152 Å². The lowest BCUT2D eigenvalue weighted by atomic mass is 9.63. The average molecular weight is 1990 g/mol. The van der Waals surface area contributed by atoms with Gasteiger partial charge in [0.1, 0.15) is 11.2 Å². The molecule has 2 unspecified atom stereocenters. The number of carbonyl (C=O) groups is 2. The van der Waals surface area contributed by atoms with Gasteiger partial charge in [-0.3, -0.25) is 0 Å². The van der Waals surface area contributed by atoms with Crippen molar-refractivity contribution >= 4 is 12.2 Å². The van der Waals surface area contributed by atoms with Gasteiger partial charge in [0.05, 0.1) is 0 Å². The van der Waals surface area contributed by atoms with Crippen molar-refractivity contribution in [3.05, 3.63) is 0 Å². The van der Waals surface area contributed by atoms with Gasteiger partial charge in [-0.25, -0.2) is 9.59 Å². The summed E-state index contributed by atoms with van der Waals surface area (Å²) in [6.07, 6.45) is 52.4. The fraction of sp³-hybridized carbons (Fsp3) is 0.983. The van der Waals surface area contributed by atoms with Crippen LogP contribution in [-0.4, -0.2) is 365 Å². The van der Waals surface area contributed by atoms with Crippen LogP contribution in [0, 0.1) is 54.1 Å². The average Bonchev–Trinajstić information content (AvgIpc) is 1.38. The van der Waals surface area contributed by atoms with Gasteiger partial charge in [-0.2, -0.15) is 0 Å². The van der Waals surface area contributed by atoms with Gasteiger partial charge in [0.15, 0.2) is 0 Å². The molecule has 20 fully saturated rings. The minimum atomic E-state index is -0.396. The smallest absolute Gasteiger partial charge is 0.410 e. The molecule has 828 valence electrons. The minimum Gasteiger partial charge on any atom is -0.444 e. The standard InChI is InChI=1S/C16H30N2O2.C15H28N2O2.C13H25N.C12H24N2.C12H23N.2C11H22N2.C11H21N.2C10H20N2/c1-13(2)18-11-8-16(12-18)6-9-17(10-7-16)14(19)20-15(3,4)5;1-12(2)16-8-6-15(10-16)7-9-17(11-15)13(18)19-14(3,4)5;1-12(2)14-10-8-13(9-11-14)6-4-3-5-7-13;1-11(2)14-9-5-12(6-10-14)3-7-13-8-4-12;1-11(2)13-9-7-12(8-10-13)5-3-4-6-12;1-10(2)13-7-4-11(5-8-13)3-6-12-9-11;1-10(2)13-8-5-11(9-13)3-6-12-7-4-11;1-10(2)12-8-6-11(7-9-12)4-3-5-11;1-9(2)12-5-3-10(4-6-12)7-11-8-10;1-9(2)12-6-4-10(8-12)3-5-11-7-10/h13H,6-12H2,1-5H3;12H,6-11H2,1-5H3;12H,3-11H2,1-2H3;11,13H,3-10H2,1-2H3;11H,3-10H2,1-2H3;2*10,12H,3-9H2,1-2H3;10H,3-9H2,1-2H3;2*9,11H,3-8H2,1-2H3. The van der Waals surface area contributed by atoms with Crippen LogP contribution in [0.4, 0.5) is 9.59 Å². The van der Waals surface area contributed by atoms with Crippen molar-refractivity contribution in [2.45, 2.75) is 489 Å². The highest BCUT2D eigenvalue weighted by atomic mass is 16.6. The van der Waals surface area contributed by atoms with Crippen LogP contribution in [0.5, 0.6) is 0 Å². The summed E-state index contributed by atoms with van der Waals surface area (Å²) in [5.74, 6) is 0. The van der Waals surface area contributed by atoms with Crippen LogP contribution in [0.2, 0.25) is 0 Å². The lowest BCUT2D eigenvalue weighted by Crippen LogP contribution is -2.58. The number of likely N-dealkylation sites (tertiary alicyclic amines) is 12. The van der Waals surface area contributed by atoms with E-state index in [-0.39, 0.29) is 12.2 Å². The zero-order chi connectivity index (χ0) is 103. The van der Waals surface area contributed by atoms with Gasteiger partial charge in [0.2, 0.25) is 0 Å². The Morgan fingerprint density at radius 3 is 0.683 bits per heavy atom. The summed E-state index contributed by atoms with van der Waals surface area (Å²) in [6.45, 7) is 99.8. The predicted octanol–water partition coefficient (Wildman–Crippen LogP) is 22.0. The summed E-state index contributed by atoms with van der Waals surface area (Å²) in [7, 11) is 0. The molecule has 0 aromatic heterocycles. The van der Waals surface area contributed by atoms with E-state index in [2.05, 4.69) is 214 Å². The van der Waals surface area contributed by atoms with Crippen molar-refractivity contribution in [2.24, 2.45) is 54.1 Å². The zero-order valence-corrected chi connectivity index (χ0v) is 98.5. The number of hydrogen-bond donors (Lipinski definition) is 5. The molecule has 5 N–H and O–H groups in total. The summed E-state index contributed by atoms with van der Waals surface area (Å²) < 4.78 is 10.9. The monoisotopic (exact) mass is 1990 g/mol. The maximum Gasteiger partial charge on any atom is 0.410 e. The summed E-state index contributed by atoms with van der Waals surface area (Å²) in [5.41, 5.74) is 5.85. The lowest BCUT2D eigenvalue weighted by Gasteiger charge is -2.49. The summed E-state index contributed by atoms with van der Waals surface area (Å²) in [4.78, 5) is 54.1. The van der Waals surface area contributed by atoms with E-state index in [9.17, 15) is 9.59 Å². The van der Waals surface area contributed by atoms with Crippen molar-refractivity contribution in [3.63, 3.8) is 0 Å². The quantitative estimate of drug-likeness (QED) is 0.141. The molecule has 10 spiro atoms. The molecule has 3 aliphatic carbocycles. The first-order chi connectivity index (χ1) is 67.2. The van der Waals surface area contributed by atoms with E-state index in [4.69, 9.17) is 9.47 Å². The molecule has 21 heteroatoms. The minimum absolute atomic E-state index is 0.146. The van der Waals surface area contributed by atoms with Gasteiger partial charge in [0.25, 0.3) is 0 Å². The first-order valence-corrected chi connectivity index (χ1v) is 61.1. The van der Waals surface area contributed by atoms with Crippen LogP contribution in [0.1, 0.15) is 418 Å². The fourth-order valence-corrected chi connectivity index (χ4v) is 29.0. The number of hydrogen-bond acceptors (Lipinski definition) is 19.